The molecule has 1 aliphatic heterocycles. The molecule has 136 valence electrons. The van der Waals surface area contributed by atoms with E-state index in [2.05, 4.69) is 21.2 Å². The van der Waals surface area contributed by atoms with E-state index >= 15 is 0 Å². The van der Waals surface area contributed by atoms with Gasteiger partial charge in [0.05, 0.1) is 5.02 Å². The third-order valence-electron chi connectivity index (χ3n) is 4.36. The van der Waals surface area contributed by atoms with Crippen molar-refractivity contribution in [2.75, 3.05) is 6.54 Å². The van der Waals surface area contributed by atoms with Gasteiger partial charge in [0.1, 0.15) is 11.9 Å². The minimum absolute atomic E-state index is 0.0182. The van der Waals surface area contributed by atoms with Crippen LogP contribution in [0.3, 0.4) is 0 Å². The van der Waals surface area contributed by atoms with Gasteiger partial charge in [-0.05, 0) is 54.8 Å². The van der Waals surface area contributed by atoms with Crippen molar-refractivity contribution in [3.05, 3.63) is 68.9 Å². The Morgan fingerprint density at radius 2 is 1.96 bits per heavy atom. The van der Waals surface area contributed by atoms with Gasteiger partial charge in [-0.1, -0.05) is 33.6 Å². The first-order chi connectivity index (χ1) is 12.5. The zero-order chi connectivity index (χ0) is 18.7. The monoisotopic (exact) mass is 438 g/mol. The number of carbonyl (C=O) groups excluding carboxylic acids is 2. The molecule has 1 aliphatic rings. The van der Waals surface area contributed by atoms with Crippen molar-refractivity contribution in [3.63, 3.8) is 0 Å². The summed E-state index contributed by atoms with van der Waals surface area (Å²) in [5.41, 5.74) is 1.26. The molecule has 0 spiro atoms. The van der Waals surface area contributed by atoms with E-state index in [1.54, 1.807) is 35.2 Å². The van der Waals surface area contributed by atoms with Gasteiger partial charge in [-0.25, -0.2) is 4.39 Å². The lowest BCUT2D eigenvalue weighted by Gasteiger charge is -2.24. The van der Waals surface area contributed by atoms with Crippen molar-refractivity contribution < 1.29 is 14.0 Å². The van der Waals surface area contributed by atoms with E-state index in [0.717, 1.165) is 10.9 Å². The predicted molar refractivity (Wildman–Crippen MR) is 101 cm³/mol. The van der Waals surface area contributed by atoms with Crippen LogP contribution in [0, 0.1) is 5.82 Å². The van der Waals surface area contributed by atoms with E-state index < -0.39 is 11.9 Å². The molecule has 0 aromatic heterocycles. The molecule has 7 heteroatoms. The quantitative estimate of drug-likeness (QED) is 0.777. The van der Waals surface area contributed by atoms with Gasteiger partial charge < -0.3 is 10.2 Å². The normalized spacial score (nSPS) is 16.6. The minimum atomic E-state index is -0.498. The first-order valence-corrected chi connectivity index (χ1v) is 9.41. The van der Waals surface area contributed by atoms with Crippen LogP contribution in [0.25, 0.3) is 0 Å². The van der Waals surface area contributed by atoms with Crippen molar-refractivity contribution in [2.24, 2.45) is 0 Å². The second kappa shape index (κ2) is 8.18. The van der Waals surface area contributed by atoms with Crippen LogP contribution in [0.5, 0.6) is 0 Å². The minimum Gasteiger partial charge on any atom is -0.350 e. The number of amides is 2. The molecule has 0 bridgehead atoms. The van der Waals surface area contributed by atoms with Crippen LogP contribution >= 0.6 is 27.5 Å². The van der Waals surface area contributed by atoms with Gasteiger partial charge in [0.2, 0.25) is 5.91 Å². The Morgan fingerprint density at radius 1 is 1.23 bits per heavy atom. The third kappa shape index (κ3) is 4.24. The molecule has 0 saturated carbocycles. The van der Waals surface area contributed by atoms with Crippen molar-refractivity contribution in [1.29, 1.82) is 0 Å². The fourth-order valence-corrected chi connectivity index (χ4v) is 3.46. The third-order valence-corrected chi connectivity index (χ3v) is 5.18. The van der Waals surface area contributed by atoms with Crippen LogP contribution in [0.2, 0.25) is 5.02 Å². The molecular formula is C19H17BrClFN2O2. The molecule has 1 heterocycles. The second-order valence-corrected chi connectivity index (χ2v) is 7.45. The van der Waals surface area contributed by atoms with Gasteiger partial charge in [0, 0.05) is 23.1 Å². The molecule has 2 amide bonds. The summed E-state index contributed by atoms with van der Waals surface area (Å²) in [6, 6.07) is 10.9. The summed E-state index contributed by atoms with van der Waals surface area (Å²) in [4.78, 5) is 26.9. The summed E-state index contributed by atoms with van der Waals surface area (Å²) in [7, 11) is 0. The van der Waals surface area contributed by atoms with E-state index in [1.165, 1.54) is 12.1 Å². The van der Waals surface area contributed by atoms with Gasteiger partial charge in [-0.2, -0.15) is 0 Å². The van der Waals surface area contributed by atoms with Crippen molar-refractivity contribution in [1.82, 2.24) is 10.2 Å². The topological polar surface area (TPSA) is 49.4 Å². The molecule has 2 aromatic rings. The summed E-state index contributed by atoms with van der Waals surface area (Å²) in [5.74, 6) is -0.864. The van der Waals surface area contributed by atoms with E-state index in [0.29, 0.717) is 24.1 Å². The van der Waals surface area contributed by atoms with Gasteiger partial charge in [0.25, 0.3) is 5.91 Å². The molecule has 0 aliphatic carbocycles. The van der Waals surface area contributed by atoms with Crippen molar-refractivity contribution in [3.8, 4) is 0 Å². The highest BCUT2D eigenvalue weighted by molar-refractivity contribution is 9.10. The van der Waals surface area contributed by atoms with Gasteiger partial charge in [-0.15, -0.1) is 0 Å². The van der Waals surface area contributed by atoms with Crippen LogP contribution in [0.4, 0.5) is 4.39 Å². The van der Waals surface area contributed by atoms with Gasteiger partial charge in [-0.3, -0.25) is 9.59 Å². The number of rotatable bonds is 4. The Kier molecular flexibility index (Phi) is 5.94. The maximum Gasteiger partial charge on any atom is 0.254 e. The summed E-state index contributed by atoms with van der Waals surface area (Å²) in [5, 5.41) is 2.83. The average Bonchev–Trinajstić information content (AvgIpc) is 3.12. The molecule has 0 radical (unpaired) electrons. The Bertz CT molecular complexity index is 829. The lowest BCUT2D eigenvalue weighted by molar-refractivity contribution is -0.125. The molecule has 2 aromatic carbocycles. The lowest BCUT2D eigenvalue weighted by Crippen LogP contribution is -2.45. The SMILES string of the molecule is O=C(NCc1ccc(F)c(Cl)c1)C1CCCN1C(=O)c1ccc(Br)cc1. The van der Waals surface area contributed by atoms with Gasteiger partial charge >= 0.3 is 0 Å². The first-order valence-electron chi connectivity index (χ1n) is 8.24. The summed E-state index contributed by atoms with van der Waals surface area (Å²) >= 11 is 9.10. The number of hydrogen-bond acceptors (Lipinski definition) is 2. The number of hydrogen-bond donors (Lipinski definition) is 1. The number of halogens is 3. The number of carbonyl (C=O) groups is 2. The molecule has 1 unspecified atom stereocenters. The second-order valence-electron chi connectivity index (χ2n) is 6.13. The largest absolute Gasteiger partial charge is 0.350 e. The van der Waals surface area contributed by atoms with E-state index in [9.17, 15) is 14.0 Å². The zero-order valence-electron chi connectivity index (χ0n) is 13.8. The standard InChI is InChI=1S/C19H17BrClFN2O2/c20-14-6-4-13(5-7-14)19(26)24-9-1-2-17(24)18(25)23-11-12-3-8-16(22)15(21)10-12/h3-8,10,17H,1-2,9,11H2,(H,23,25). The lowest BCUT2D eigenvalue weighted by atomic mass is 10.1. The summed E-state index contributed by atoms with van der Waals surface area (Å²) in [6.07, 6.45) is 1.40. The molecule has 1 saturated heterocycles. The van der Waals surface area contributed by atoms with Crippen molar-refractivity contribution in [2.45, 2.75) is 25.4 Å². The molecular weight excluding hydrogens is 423 g/mol. The Hall–Kier alpha value is -1.92. The highest BCUT2D eigenvalue weighted by Crippen LogP contribution is 2.22. The van der Waals surface area contributed by atoms with Crippen LogP contribution in [-0.2, 0) is 11.3 Å². The highest BCUT2D eigenvalue weighted by atomic mass is 79.9. The summed E-state index contributed by atoms with van der Waals surface area (Å²) in [6.45, 7) is 0.783. The van der Waals surface area contributed by atoms with E-state index in [1.807, 2.05) is 0 Å². The molecule has 3 rings (SSSR count). The molecule has 26 heavy (non-hydrogen) atoms. The molecule has 1 atom stereocenters. The molecule has 1 fully saturated rings. The Balaban J connectivity index is 1.65. The molecule has 4 nitrogen and oxygen atoms in total. The van der Waals surface area contributed by atoms with Crippen molar-refractivity contribution >= 4 is 39.3 Å². The Morgan fingerprint density at radius 3 is 2.65 bits per heavy atom. The van der Waals surface area contributed by atoms with Crippen LogP contribution in [0.15, 0.2) is 46.9 Å². The van der Waals surface area contributed by atoms with E-state index in [4.69, 9.17) is 11.6 Å². The predicted octanol–water partition coefficient (Wildman–Crippen LogP) is 4.16. The number of likely N-dealkylation sites (tertiary alicyclic amines) is 1. The van der Waals surface area contributed by atoms with Crippen LogP contribution in [-0.4, -0.2) is 29.3 Å². The smallest absolute Gasteiger partial charge is 0.254 e. The van der Waals surface area contributed by atoms with Crippen LogP contribution in [0.1, 0.15) is 28.8 Å². The maximum absolute atomic E-state index is 13.2. The average molecular weight is 440 g/mol. The highest BCUT2D eigenvalue weighted by Gasteiger charge is 2.34. The first kappa shape index (κ1) is 18.9. The summed E-state index contributed by atoms with van der Waals surface area (Å²) < 4.78 is 14.1. The molecule has 1 N–H and O–H groups in total. The maximum atomic E-state index is 13.2. The van der Waals surface area contributed by atoms with Gasteiger partial charge in [0.15, 0.2) is 0 Å². The fraction of sp³-hybridized carbons (Fsp3) is 0.263. The number of nitrogens with zero attached hydrogens (tertiary/aromatic N) is 1. The zero-order valence-corrected chi connectivity index (χ0v) is 16.2. The number of benzene rings is 2. The van der Waals surface area contributed by atoms with E-state index in [-0.39, 0.29) is 23.4 Å². The Labute approximate surface area is 164 Å². The van der Waals surface area contributed by atoms with Crippen LogP contribution < -0.4 is 5.32 Å². The fourth-order valence-electron chi connectivity index (χ4n) is 3.00. The number of nitrogens with one attached hydrogen (secondary N) is 1.